The second-order valence-electron chi connectivity index (χ2n) is 5.71. The average Bonchev–Trinajstić information content (AvgIpc) is 3.11. The molecule has 0 spiro atoms. The van der Waals surface area contributed by atoms with Gasteiger partial charge in [-0.05, 0) is 13.0 Å². The fourth-order valence-electron chi connectivity index (χ4n) is 2.66. The number of anilines is 1. The lowest BCUT2D eigenvalue weighted by atomic mass is 10.2. The lowest BCUT2D eigenvalue weighted by molar-refractivity contribution is -0.116. The normalized spacial score (nSPS) is 14.8. The summed E-state index contributed by atoms with van der Waals surface area (Å²) in [4.78, 5) is 24.4. The Morgan fingerprint density at radius 1 is 1.22 bits per heavy atom. The van der Waals surface area contributed by atoms with Crippen LogP contribution in [0.1, 0.15) is 22.5 Å². The zero-order valence-corrected chi connectivity index (χ0v) is 15.6. The molecule has 11 heteroatoms. The van der Waals surface area contributed by atoms with Gasteiger partial charge in [0.1, 0.15) is 10.7 Å². The number of nitrogens with one attached hydrogen (secondary N) is 1. The van der Waals surface area contributed by atoms with Crippen LogP contribution in [0.3, 0.4) is 0 Å². The Balaban J connectivity index is 1.78. The van der Waals surface area contributed by atoms with Crippen LogP contribution < -0.4 is 14.8 Å². The van der Waals surface area contributed by atoms with E-state index in [0.717, 1.165) is 0 Å². The Bertz CT molecular complexity index is 1010. The molecule has 0 radical (unpaired) electrons. The summed E-state index contributed by atoms with van der Waals surface area (Å²) in [5, 5.41) is 6.09. The molecule has 0 fully saturated rings. The number of aryl methyl sites for hydroxylation is 1. The number of sulfonamides is 1. The monoisotopic (exact) mass is 395 g/mol. The zero-order chi connectivity index (χ0) is 19.8. The van der Waals surface area contributed by atoms with Crippen LogP contribution in [0.5, 0.6) is 11.5 Å². The number of carbonyl (C=O) groups is 2. The molecule has 27 heavy (non-hydrogen) atoms. The van der Waals surface area contributed by atoms with Gasteiger partial charge in [-0.25, -0.2) is 12.7 Å². The highest BCUT2D eigenvalue weighted by Gasteiger charge is 2.42. The predicted molar refractivity (Wildman–Crippen MR) is 92.3 cm³/mol. The fraction of sp³-hybridized carbons (Fsp3) is 0.312. The lowest BCUT2D eigenvalue weighted by Crippen LogP contribution is -2.33. The molecule has 0 saturated carbocycles. The third-order valence-electron chi connectivity index (χ3n) is 3.95. The number of aromatic nitrogens is 1. The van der Waals surface area contributed by atoms with Crippen LogP contribution in [0.4, 0.5) is 5.82 Å². The van der Waals surface area contributed by atoms with Crippen molar-refractivity contribution >= 4 is 27.7 Å². The zero-order valence-electron chi connectivity index (χ0n) is 14.8. The molecule has 1 aliphatic heterocycles. The van der Waals surface area contributed by atoms with Gasteiger partial charge in [0.15, 0.2) is 17.3 Å². The minimum absolute atomic E-state index is 0.0276. The van der Waals surface area contributed by atoms with E-state index in [0.29, 0.717) is 10.1 Å². The second kappa shape index (κ2) is 6.91. The Morgan fingerprint density at radius 3 is 2.48 bits per heavy atom. The van der Waals surface area contributed by atoms with Crippen molar-refractivity contribution in [2.24, 2.45) is 0 Å². The van der Waals surface area contributed by atoms with E-state index in [2.05, 4.69) is 10.5 Å². The van der Waals surface area contributed by atoms with Crippen LogP contribution in [0.15, 0.2) is 27.6 Å². The van der Waals surface area contributed by atoms with Gasteiger partial charge >= 0.3 is 0 Å². The number of nitrogens with zero attached hydrogens (tertiary/aromatic N) is 2. The number of amides is 2. The summed E-state index contributed by atoms with van der Waals surface area (Å²) >= 11 is 0. The third kappa shape index (κ3) is 3.33. The first-order valence-corrected chi connectivity index (χ1v) is 9.28. The molecular weight excluding hydrogens is 378 g/mol. The molecule has 1 aromatic heterocycles. The molecule has 2 amide bonds. The molecule has 144 valence electrons. The molecule has 3 rings (SSSR count). The minimum atomic E-state index is -4.08. The van der Waals surface area contributed by atoms with Crippen molar-refractivity contribution < 1.29 is 32.0 Å². The Labute approximate surface area is 155 Å². The maximum Gasteiger partial charge on any atom is 0.269 e. The Kier molecular flexibility index (Phi) is 4.79. The van der Waals surface area contributed by atoms with Crippen LogP contribution in [-0.2, 0) is 14.8 Å². The standard InChI is InChI=1S/C16H17N3O7S/c1-9-6-14(18-26-9)17-15(20)4-5-19-16(21)10-7-11(24-2)12(25-3)8-13(10)27(19,22)23/h6-8H,4-5H2,1-3H3,(H,17,18,20). The number of rotatable bonds is 6. The summed E-state index contributed by atoms with van der Waals surface area (Å²) in [6.07, 6.45) is -0.237. The number of fused-ring (bicyclic) bond motifs is 1. The molecule has 2 heterocycles. The van der Waals surface area contributed by atoms with Crippen molar-refractivity contribution in [2.75, 3.05) is 26.1 Å². The van der Waals surface area contributed by atoms with Gasteiger partial charge in [0.2, 0.25) is 5.91 Å². The van der Waals surface area contributed by atoms with Gasteiger partial charge in [-0.15, -0.1) is 0 Å². The number of ether oxygens (including phenoxy) is 2. The number of hydrogen-bond acceptors (Lipinski definition) is 8. The van der Waals surface area contributed by atoms with Crippen LogP contribution in [0.2, 0.25) is 0 Å². The molecule has 2 aromatic rings. The van der Waals surface area contributed by atoms with E-state index in [-0.39, 0.29) is 40.7 Å². The van der Waals surface area contributed by atoms with Crippen molar-refractivity contribution in [1.29, 1.82) is 0 Å². The first-order valence-electron chi connectivity index (χ1n) is 7.84. The minimum Gasteiger partial charge on any atom is -0.493 e. The predicted octanol–water partition coefficient (Wildman–Crippen LogP) is 1.17. The summed E-state index contributed by atoms with van der Waals surface area (Å²) in [7, 11) is -1.34. The first-order chi connectivity index (χ1) is 12.8. The highest BCUT2D eigenvalue weighted by molar-refractivity contribution is 7.90. The van der Waals surface area contributed by atoms with E-state index in [9.17, 15) is 18.0 Å². The molecule has 1 aromatic carbocycles. The summed E-state index contributed by atoms with van der Waals surface area (Å²) in [6.45, 7) is 1.35. The molecule has 0 unspecified atom stereocenters. The SMILES string of the molecule is COc1cc2c(cc1OC)S(=O)(=O)N(CCC(=O)Nc1cc(C)on1)C2=O. The number of hydrogen-bond donors (Lipinski definition) is 1. The van der Waals surface area contributed by atoms with Crippen LogP contribution in [0, 0.1) is 6.92 Å². The topological polar surface area (TPSA) is 128 Å². The molecular formula is C16H17N3O7S. The quantitative estimate of drug-likeness (QED) is 0.772. The van der Waals surface area contributed by atoms with Crippen molar-refractivity contribution in [1.82, 2.24) is 9.46 Å². The summed E-state index contributed by atoms with van der Waals surface area (Å²) < 4.78 is 41.1. The highest BCUT2D eigenvalue weighted by atomic mass is 32.2. The molecule has 0 bridgehead atoms. The fourth-order valence-corrected chi connectivity index (χ4v) is 4.22. The van der Waals surface area contributed by atoms with Gasteiger partial charge in [0.05, 0.1) is 19.8 Å². The smallest absolute Gasteiger partial charge is 0.269 e. The average molecular weight is 395 g/mol. The molecule has 10 nitrogen and oxygen atoms in total. The van der Waals surface area contributed by atoms with Gasteiger partial charge in [0, 0.05) is 25.1 Å². The van der Waals surface area contributed by atoms with E-state index >= 15 is 0 Å². The summed E-state index contributed by atoms with van der Waals surface area (Å²) in [5.41, 5.74) is -0.0276. The Hall–Kier alpha value is -3.08. The maximum atomic E-state index is 12.7. The third-order valence-corrected chi connectivity index (χ3v) is 5.77. The highest BCUT2D eigenvalue weighted by Crippen LogP contribution is 2.38. The lowest BCUT2D eigenvalue weighted by Gasteiger charge is -2.14. The van der Waals surface area contributed by atoms with Crippen molar-refractivity contribution in [2.45, 2.75) is 18.2 Å². The van der Waals surface area contributed by atoms with E-state index in [1.54, 1.807) is 6.92 Å². The van der Waals surface area contributed by atoms with E-state index in [4.69, 9.17) is 14.0 Å². The van der Waals surface area contributed by atoms with Gasteiger partial charge in [-0.2, -0.15) is 0 Å². The van der Waals surface area contributed by atoms with E-state index in [1.807, 2.05) is 0 Å². The summed E-state index contributed by atoms with van der Waals surface area (Å²) in [5.74, 6) is -0.0744. The largest absolute Gasteiger partial charge is 0.493 e. The van der Waals surface area contributed by atoms with E-state index < -0.39 is 21.8 Å². The Morgan fingerprint density at radius 2 is 1.89 bits per heavy atom. The number of carbonyl (C=O) groups excluding carboxylic acids is 2. The van der Waals surface area contributed by atoms with Crippen molar-refractivity contribution in [3.05, 3.63) is 29.5 Å². The van der Waals surface area contributed by atoms with Gasteiger partial charge in [-0.3, -0.25) is 9.59 Å². The maximum absolute atomic E-state index is 12.7. The molecule has 0 aliphatic carbocycles. The first kappa shape index (κ1) is 18.7. The second-order valence-corrected chi connectivity index (χ2v) is 7.54. The number of benzene rings is 1. The number of methoxy groups -OCH3 is 2. The van der Waals surface area contributed by atoms with Crippen LogP contribution >= 0.6 is 0 Å². The molecule has 1 aliphatic rings. The molecule has 0 atom stereocenters. The van der Waals surface area contributed by atoms with Crippen LogP contribution in [0.25, 0.3) is 0 Å². The van der Waals surface area contributed by atoms with Gasteiger partial charge < -0.3 is 19.3 Å². The van der Waals surface area contributed by atoms with Crippen molar-refractivity contribution in [3.8, 4) is 11.5 Å². The van der Waals surface area contributed by atoms with Gasteiger partial charge in [-0.1, -0.05) is 5.16 Å². The molecule has 1 N–H and O–H groups in total. The van der Waals surface area contributed by atoms with Gasteiger partial charge in [0.25, 0.3) is 15.9 Å². The van der Waals surface area contributed by atoms with Crippen molar-refractivity contribution in [3.63, 3.8) is 0 Å². The summed E-state index contributed by atoms with van der Waals surface area (Å²) in [6, 6.07) is 4.07. The van der Waals surface area contributed by atoms with E-state index in [1.165, 1.54) is 32.4 Å². The van der Waals surface area contributed by atoms with Crippen LogP contribution in [-0.4, -0.2) is 50.5 Å². The molecule has 0 saturated heterocycles.